The molecule has 2 aromatic rings. The van der Waals surface area contributed by atoms with Crippen LogP contribution in [0.1, 0.15) is 24.4 Å². The third-order valence-electron chi connectivity index (χ3n) is 5.86. The van der Waals surface area contributed by atoms with E-state index in [4.69, 9.17) is 21.1 Å². The fraction of sp³-hybridized carbons (Fsp3) is 0.391. The van der Waals surface area contributed by atoms with Crippen LogP contribution in [-0.2, 0) is 16.1 Å². The van der Waals surface area contributed by atoms with Gasteiger partial charge in [-0.3, -0.25) is 4.79 Å². The number of methoxy groups -OCH3 is 1. The molecule has 2 aromatic heterocycles. The maximum absolute atomic E-state index is 13.0. The van der Waals surface area contributed by atoms with Crippen molar-refractivity contribution in [2.24, 2.45) is 17.3 Å². The summed E-state index contributed by atoms with van der Waals surface area (Å²) in [5.41, 5.74) is 0.406. The van der Waals surface area contributed by atoms with Gasteiger partial charge in [0.15, 0.2) is 5.75 Å². The highest BCUT2D eigenvalue weighted by Gasteiger charge is 2.62. The predicted octanol–water partition coefficient (Wildman–Crippen LogP) is 4.14. The maximum Gasteiger partial charge on any atom is 0.229 e. The molecule has 0 aromatic carbocycles. The van der Waals surface area contributed by atoms with E-state index in [1.165, 1.54) is 6.20 Å². The number of rotatable bonds is 8. The molecule has 3 atom stereocenters. The Morgan fingerprint density at radius 3 is 2.87 bits per heavy atom. The number of aromatic nitrogens is 3. The Bertz CT molecular complexity index is 1010. The van der Waals surface area contributed by atoms with E-state index in [-0.39, 0.29) is 23.2 Å². The summed E-state index contributed by atoms with van der Waals surface area (Å²) in [6, 6.07) is 3.40. The van der Waals surface area contributed by atoms with Gasteiger partial charge in [0.2, 0.25) is 5.91 Å². The van der Waals surface area contributed by atoms with Crippen LogP contribution in [0.5, 0.6) is 5.75 Å². The molecule has 2 aliphatic rings. The zero-order valence-corrected chi connectivity index (χ0v) is 18.3. The second-order valence-electron chi connectivity index (χ2n) is 7.95. The average Bonchev–Trinajstić information content (AvgIpc) is 3.52. The number of carbonyl (C=O) groups excluding carboxylic acids is 1. The second-order valence-corrected chi connectivity index (χ2v) is 8.38. The van der Waals surface area contributed by atoms with E-state index in [0.717, 1.165) is 12.8 Å². The average molecular weight is 441 g/mol. The highest BCUT2D eigenvalue weighted by Crippen LogP contribution is 2.60. The Kier molecular flexibility index (Phi) is 6.34. The third kappa shape index (κ3) is 4.78. The van der Waals surface area contributed by atoms with Crippen molar-refractivity contribution in [3.63, 3.8) is 0 Å². The molecule has 1 saturated carbocycles. The SMILES string of the molecule is COCc1nc(C)ncc1OC[C@@]1(C2C=CC=CC2)C[C@H]1C(=O)Nc1ccc(Cl)cn1. The summed E-state index contributed by atoms with van der Waals surface area (Å²) in [6.07, 6.45) is 13.2. The van der Waals surface area contributed by atoms with Crippen molar-refractivity contribution in [2.45, 2.75) is 26.4 Å². The van der Waals surface area contributed by atoms with Crippen LogP contribution in [0, 0.1) is 24.2 Å². The van der Waals surface area contributed by atoms with E-state index in [9.17, 15) is 4.79 Å². The highest BCUT2D eigenvalue weighted by molar-refractivity contribution is 6.30. The molecule has 2 heterocycles. The lowest BCUT2D eigenvalue weighted by molar-refractivity contribution is -0.118. The standard InChI is InChI=1S/C23H25ClN4O3/c1-15-25-12-20(19(27-15)13-30-2)31-14-23(16-6-4-3-5-7-16)10-18(23)22(29)28-21-9-8-17(24)11-26-21/h3-6,8-9,11-12,16,18H,7,10,13-14H2,1-2H3,(H,26,28,29)/t16?,18-,23+/m0/s1. The molecular formula is C23H25ClN4O3. The summed E-state index contributed by atoms with van der Waals surface area (Å²) < 4.78 is 11.4. The number of nitrogens with one attached hydrogen (secondary N) is 1. The summed E-state index contributed by atoms with van der Waals surface area (Å²) in [7, 11) is 1.62. The molecule has 1 unspecified atom stereocenters. The molecule has 8 heteroatoms. The zero-order valence-electron chi connectivity index (χ0n) is 17.5. The molecule has 1 amide bonds. The molecule has 0 saturated heterocycles. The Morgan fingerprint density at radius 1 is 1.29 bits per heavy atom. The van der Waals surface area contributed by atoms with Crippen molar-refractivity contribution >= 4 is 23.3 Å². The van der Waals surface area contributed by atoms with E-state index in [1.54, 1.807) is 25.4 Å². The zero-order chi connectivity index (χ0) is 21.8. The molecule has 0 bridgehead atoms. The van der Waals surface area contributed by atoms with Gasteiger partial charge in [0, 0.05) is 24.6 Å². The van der Waals surface area contributed by atoms with Gasteiger partial charge in [0.05, 0.1) is 24.4 Å². The number of hydrogen-bond donors (Lipinski definition) is 1. The molecule has 0 radical (unpaired) electrons. The molecule has 162 valence electrons. The summed E-state index contributed by atoms with van der Waals surface area (Å²) in [6.45, 7) is 2.56. The van der Waals surface area contributed by atoms with Crippen molar-refractivity contribution in [3.8, 4) is 5.75 Å². The van der Waals surface area contributed by atoms with Gasteiger partial charge in [-0.1, -0.05) is 35.9 Å². The minimum atomic E-state index is -0.299. The van der Waals surface area contributed by atoms with Gasteiger partial charge in [0.25, 0.3) is 0 Å². The van der Waals surface area contributed by atoms with Crippen LogP contribution in [-0.4, -0.2) is 34.6 Å². The monoisotopic (exact) mass is 440 g/mol. The smallest absolute Gasteiger partial charge is 0.229 e. The Morgan fingerprint density at radius 2 is 2.16 bits per heavy atom. The van der Waals surface area contributed by atoms with E-state index in [2.05, 4.69) is 32.4 Å². The highest BCUT2D eigenvalue weighted by atomic mass is 35.5. The number of aryl methyl sites for hydroxylation is 1. The number of hydrogen-bond acceptors (Lipinski definition) is 6. The van der Waals surface area contributed by atoms with Crippen molar-refractivity contribution < 1.29 is 14.3 Å². The number of allylic oxidation sites excluding steroid dienone is 4. The predicted molar refractivity (Wildman–Crippen MR) is 118 cm³/mol. The number of carbonyl (C=O) groups is 1. The molecule has 1 N–H and O–H groups in total. The third-order valence-corrected chi connectivity index (χ3v) is 6.08. The summed E-state index contributed by atoms with van der Waals surface area (Å²) in [4.78, 5) is 25.9. The van der Waals surface area contributed by atoms with Crippen LogP contribution in [0.2, 0.25) is 5.02 Å². The van der Waals surface area contributed by atoms with E-state index < -0.39 is 0 Å². The first-order valence-electron chi connectivity index (χ1n) is 10.2. The number of anilines is 1. The quantitative estimate of drug-likeness (QED) is 0.664. The van der Waals surface area contributed by atoms with Gasteiger partial charge in [0.1, 0.15) is 17.3 Å². The van der Waals surface area contributed by atoms with Crippen molar-refractivity contribution in [3.05, 3.63) is 65.4 Å². The number of nitrogens with zero attached hydrogens (tertiary/aromatic N) is 3. The molecule has 0 aliphatic heterocycles. The Hall–Kier alpha value is -2.77. The first-order chi connectivity index (χ1) is 15.0. The molecule has 2 aliphatic carbocycles. The molecule has 31 heavy (non-hydrogen) atoms. The first kappa shape index (κ1) is 21.5. The summed E-state index contributed by atoms with van der Waals surface area (Å²) in [5, 5.41) is 3.44. The maximum atomic E-state index is 13.0. The van der Waals surface area contributed by atoms with E-state index >= 15 is 0 Å². The van der Waals surface area contributed by atoms with Gasteiger partial charge in [-0.2, -0.15) is 0 Å². The van der Waals surface area contributed by atoms with Crippen LogP contribution < -0.4 is 10.1 Å². The number of amides is 1. The second kappa shape index (κ2) is 9.16. The number of halogens is 1. The van der Waals surface area contributed by atoms with Gasteiger partial charge < -0.3 is 14.8 Å². The largest absolute Gasteiger partial charge is 0.489 e. The van der Waals surface area contributed by atoms with Gasteiger partial charge >= 0.3 is 0 Å². The van der Waals surface area contributed by atoms with Crippen LogP contribution in [0.4, 0.5) is 5.82 Å². The van der Waals surface area contributed by atoms with E-state index in [1.807, 2.05) is 19.1 Å². The fourth-order valence-electron chi connectivity index (χ4n) is 4.10. The van der Waals surface area contributed by atoms with Crippen LogP contribution in [0.25, 0.3) is 0 Å². The fourth-order valence-corrected chi connectivity index (χ4v) is 4.21. The molecule has 4 rings (SSSR count). The number of ether oxygens (including phenoxy) is 2. The van der Waals surface area contributed by atoms with Crippen molar-refractivity contribution in [1.29, 1.82) is 0 Å². The lowest BCUT2D eigenvalue weighted by Gasteiger charge is -2.26. The lowest BCUT2D eigenvalue weighted by Crippen LogP contribution is -2.29. The lowest BCUT2D eigenvalue weighted by atomic mass is 9.82. The first-order valence-corrected chi connectivity index (χ1v) is 10.6. The normalized spacial score (nSPS) is 24.1. The van der Waals surface area contributed by atoms with E-state index in [0.29, 0.717) is 41.3 Å². The van der Waals surface area contributed by atoms with Crippen LogP contribution in [0.15, 0.2) is 48.8 Å². The van der Waals surface area contributed by atoms with Crippen molar-refractivity contribution in [2.75, 3.05) is 19.0 Å². The minimum Gasteiger partial charge on any atom is -0.489 e. The van der Waals surface area contributed by atoms with Crippen LogP contribution >= 0.6 is 11.6 Å². The summed E-state index contributed by atoms with van der Waals surface area (Å²) in [5.74, 6) is 1.72. The molecule has 7 nitrogen and oxygen atoms in total. The van der Waals surface area contributed by atoms with Crippen LogP contribution in [0.3, 0.4) is 0 Å². The van der Waals surface area contributed by atoms with Gasteiger partial charge in [-0.15, -0.1) is 0 Å². The molecule has 0 spiro atoms. The number of pyridine rings is 1. The summed E-state index contributed by atoms with van der Waals surface area (Å²) >= 11 is 5.89. The van der Waals surface area contributed by atoms with Crippen molar-refractivity contribution in [1.82, 2.24) is 15.0 Å². The molecular weight excluding hydrogens is 416 g/mol. The molecule has 1 fully saturated rings. The Labute approximate surface area is 186 Å². The van der Waals surface area contributed by atoms with Gasteiger partial charge in [-0.25, -0.2) is 15.0 Å². The topological polar surface area (TPSA) is 86.2 Å². The minimum absolute atomic E-state index is 0.0568. The Balaban J connectivity index is 1.51. The van der Waals surface area contributed by atoms with Gasteiger partial charge in [-0.05, 0) is 37.8 Å².